The average molecular weight is 381 g/mol. The number of rotatable bonds is 7. The molecule has 0 aliphatic carbocycles. The van der Waals surface area contributed by atoms with Gasteiger partial charge in [0.25, 0.3) is 0 Å². The van der Waals surface area contributed by atoms with E-state index < -0.39 is 0 Å². The number of aryl methyl sites for hydroxylation is 1. The quantitative estimate of drug-likeness (QED) is 0.796. The molecular formula is C19H29ClN4O2. The fourth-order valence-corrected chi connectivity index (χ4v) is 3.22. The van der Waals surface area contributed by atoms with Gasteiger partial charge in [-0.25, -0.2) is 0 Å². The van der Waals surface area contributed by atoms with Crippen molar-refractivity contribution in [1.29, 1.82) is 0 Å². The molecule has 0 spiro atoms. The second kappa shape index (κ2) is 9.78. The number of para-hydroxylation sites is 1. The molecule has 0 radical (unpaired) electrons. The van der Waals surface area contributed by atoms with Gasteiger partial charge in [0, 0.05) is 25.1 Å². The van der Waals surface area contributed by atoms with Crippen LogP contribution in [0.15, 0.2) is 18.2 Å². The lowest BCUT2D eigenvalue weighted by atomic mass is 10.1. The number of nitrogens with one attached hydrogen (secondary N) is 1. The van der Waals surface area contributed by atoms with Crippen LogP contribution in [0.3, 0.4) is 0 Å². The van der Waals surface area contributed by atoms with Crippen LogP contribution in [0.1, 0.15) is 50.3 Å². The lowest BCUT2D eigenvalue weighted by Gasteiger charge is -2.17. The van der Waals surface area contributed by atoms with Gasteiger partial charge in [-0.1, -0.05) is 18.6 Å². The topological polar surface area (TPSA) is 61.2 Å². The molecule has 6 nitrogen and oxygen atoms in total. The molecule has 0 amide bonds. The van der Waals surface area contributed by atoms with Gasteiger partial charge in [-0.3, -0.25) is 0 Å². The molecule has 3 rings (SSSR count). The Bertz CT molecular complexity index is 703. The van der Waals surface area contributed by atoms with Crippen molar-refractivity contribution in [3.8, 4) is 11.5 Å². The Labute approximate surface area is 161 Å². The van der Waals surface area contributed by atoms with Gasteiger partial charge in [-0.05, 0) is 32.8 Å². The van der Waals surface area contributed by atoms with Crippen molar-refractivity contribution < 1.29 is 9.47 Å². The molecule has 1 aliphatic heterocycles. The van der Waals surface area contributed by atoms with Gasteiger partial charge in [0.1, 0.15) is 11.6 Å². The second-order valence-corrected chi connectivity index (χ2v) is 6.71. The van der Waals surface area contributed by atoms with Gasteiger partial charge in [0.15, 0.2) is 11.5 Å². The van der Waals surface area contributed by atoms with E-state index in [1.807, 2.05) is 26.0 Å². The summed E-state index contributed by atoms with van der Waals surface area (Å²) < 4.78 is 13.7. The molecule has 7 heteroatoms. The number of fused-ring (bicyclic) bond motifs is 1. The molecule has 1 aliphatic rings. The molecule has 144 valence electrons. The first kappa shape index (κ1) is 20.5. The van der Waals surface area contributed by atoms with E-state index in [4.69, 9.17) is 9.47 Å². The van der Waals surface area contributed by atoms with E-state index in [-0.39, 0.29) is 18.5 Å². The molecule has 2 heterocycles. The highest BCUT2D eigenvalue weighted by Gasteiger charge is 2.15. The van der Waals surface area contributed by atoms with Gasteiger partial charge >= 0.3 is 0 Å². The van der Waals surface area contributed by atoms with Crippen molar-refractivity contribution in [1.82, 2.24) is 20.1 Å². The van der Waals surface area contributed by atoms with E-state index in [0.717, 1.165) is 41.7 Å². The predicted octanol–water partition coefficient (Wildman–Crippen LogP) is 3.51. The number of methoxy groups -OCH3 is 1. The van der Waals surface area contributed by atoms with Gasteiger partial charge in [0.2, 0.25) is 0 Å². The van der Waals surface area contributed by atoms with Crippen molar-refractivity contribution in [3.63, 3.8) is 0 Å². The standard InChI is InChI=1S/C19H28N4O2.ClH/c1-14(2)25-19-15(8-7-9-16(19)24-3)12-20-13-18-22-21-17-10-5-4-6-11-23(17)18;/h7-9,14,20H,4-6,10-13H2,1-3H3;1H. The molecule has 0 unspecified atom stereocenters. The third-order valence-electron chi connectivity index (χ3n) is 4.42. The van der Waals surface area contributed by atoms with Crippen LogP contribution in [0.4, 0.5) is 0 Å². The Balaban J connectivity index is 0.00000243. The first-order valence-electron chi connectivity index (χ1n) is 9.13. The van der Waals surface area contributed by atoms with Crippen LogP contribution in [-0.4, -0.2) is 28.0 Å². The molecule has 0 fully saturated rings. The van der Waals surface area contributed by atoms with E-state index in [0.29, 0.717) is 13.1 Å². The third kappa shape index (κ3) is 4.89. The second-order valence-electron chi connectivity index (χ2n) is 6.71. The van der Waals surface area contributed by atoms with Crippen molar-refractivity contribution in [2.75, 3.05) is 7.11 Å². The van der Waals surface area contributed by atoms with Crippen LogP contribution in [-0.2, 0) is 26.1 Å². The normalized spacial score (nSPS) is 13.7. The molecule has 26 heavy (non-hydrogen) atoms. The smallest absolute Gasteiger partial charge is 0.166 e. The maximum Gasteiger partial charge on any atom is 0.166 e. The third-order valence-corrected chi connectivity index (χ3v) is 4.42. The van der Waals surface area contributed by atoms with Crippen LogP contribution < -0.4 is 14.8 Å². The SMILES string of the molecule is COc1cccc(CNCc2nnc3n2CCCCC3)c1OC(C)C.Cl. The van der Waals surface area contributed by atoms with Crippen molar-refractivity contribution >= 4 is 12.4 Å². The average Bonchev–Trinajstić information content (AvgIpc) is 2.83. The first-order valence-corrected chi connectivity index (χ1v) is 9.13. The number of hydrogen-bond donors (Lipinski definition) is 1. The Hall–Kier alpha value is -1.79. The van der Waals surface area contributed by atoms with Gasteiger partial charge in [0.05, 0.1) is 19.8 Å². The number of benzene rings is 1. The highest BCUT2D eigenvalue weighted by molar-refractivity contribution is 5.85. The zero-order chi connectivity index (χ0) is 17.6. The van der Waals surface area contributed by atoms with Crippen molar-refractivity contribution in [2.24, 2.45) is 0 Å². The number of nitrogens with zero attached hydrogens (tertiary/aromatic N) is 3. The number of halogens is 1. The fourth-order valence-electron chi connectivity index (χ4n) is 3.22. The Morgan fingerprint density at radius 3 is 2.77 bits per heavy atom. The largest absolute Gasteiger partial charge is 0.493 e. The van der Waals surface area contributed by atoms with Gasteiger partial charge < -0.3 is 19.4 Å². The van der Waals surface area contributed by atoms with Crippen molar-refractivity contribution in [2.45, 2.75) is 65.3 Å². The molecule has 0 saturated carbocycles. The Morgan fingerprint density at radius 1 is 1.15 bits per heavy atom. The summed E-state index contributed by atoms with van der Waals surface area (Å²) in [6.45, 7) is 6.47. The number of ether oxygens (including phenoxy) is 2. The summed E-state index contributed by atoms with van der Waals surface area (Å²) in [5, 5.41) is 12.2. The monoisotopic (exact) mass is 380 g/mol. The summed E-state index contributed by atoms with van der Waals surface area (Å²) in [7, 11) is 1.67. The highest BCUT2D eigenvalue weighted by atomic mass is 35.5. The molecule has 1 aromatic heterocycles. The lowest BCUT2D eigenvalue weighted by Crippen LogP contribution is -2.18. The molecule has 0 bridgehead atoms. The zero-order valence-corrected chi connectivity index (χ0v) is 16.6. The number of hydrogen-bond acceptors (Lipinski definition) is 5. The van der Waals surface area contributed by atoms with Crippen LogP contribution in [0.2, 0.25) is 0 Å². The maximum absolute atomic E-state index is 5.96. The molecule has 2 aromatic rings. The highest BCUT2D eigenvalue weighted by Crippen LogP contribution is 2.32. The minimum absolute atomic E-state index is 0. The summed E-state index contributed by atoms with van der Waals surface area (Å²) in [5.41, 5.74) is 1.09. The molecule has 1 N–H and O–H groups in total. The molecule has 0 atom stereocenters. The van der Waals surface area contributed by atoms with E-state index in [2.05, 4.69) is 26.1 Å². The predicted molar refractivity (Wildman–Crippen MR) is 104 cm³/mol. The van der Waals surface area contributed by atoms with E-state index in [1.54, 1.807) is 7.11 Å². The van der Waals surface area contributed by atoms with E-state index in [1.165, 1.54) is 19.3 Å². The number of aromatic nitrogens is 3. The summed E-state index contributed by atoms with van der Waals surface area (Å²) in [5.74, 6) is 3.72. The zero-order valence-electron chi connectivity index (χ0n) is 15.8. The van der Waals surface area contributed by atoms with Crippen LogP contribution in [0.5, 0.6) is 11.5 Å². The van der Waals surface area contributed by atoms with Crippen LogP contribution in [0.25, 0.3) is 0 Å². The summed E-state index contributed by atoms with van der Waals surface area (Å²) in [4.78, 5) is 0. The van der Waals surface area contributed by atoms with Gasteiger partial charge in [-0.2, -0.15) is 0 Å². The summed E-state index contributed by atoms with van der Waals surface area (Å²) in [6, 6.07) is 5.99. The summed E-state index contributed by atoms with van der Waals surface area (Å²) in [6.07, 6.45) is 4.83. The lowest BCUT2D eigenvalue weighted by molar-refractivity contribution is 0.227. The van der Waals surface area contributed by atoms with Crippen LogP contribution in [0, 0.1) is 0 Å². The summed E-state index contributed by atoms with van der Waals surface area (Å²) >= 11 is 0. The van der Waals surface area contributed by atoms with E-state index >= 15 is 0 Å². The van der Waals surface area contributed by atoms with Gasteiger partial charge in [-0.15, -0.1) is 22.6 Å². The van der Waals surface area contributed by atoms with Crippen molar-refractivity contribution in [3.05, 3.63) is 35.4 Å². The van der Waals surface area contributed by atoms with Crippen LogP contribution >= 0.6 is 12.4 Å². The molecule has 1 aromatic carbocycles. The minimum Gasteiger partial charge on any atom is -0.493 e. The maximum atomic E-state index is 5.96. The molecular weight excluding hydrogens is 352 g/mol. The molecule has 0 saturated heterocycles. The Morgan fingerprint density at radius 2 is 2.00 bits per heavy atom. The fraction of sp³-hybridized carbons (Fsp3) is 0.579. The first-order chi connectivity index (χ1) is 12.2. The van der Waals surface area contributed by atoms with E-state index in [9.17, 15) is 0 Å². The Kier molecular flexibility index (Phi) is 7.72. The minimum atomic E-state index is 0.